The number of hydrogen-bond donors (Lipinski definition) is 10. The second-order valence-corrected chi connectivity index (χ2v) is 7.93. The van der Waals surface area contributed by atoms with Crippen molar-refractivity contribution in [3.63, 3.8) is 0 Å². The Hall–Kier alpha value is -0.600. The molecule has 14 unspecified atom stereocenters. The van der Waals surface area contributed by atoms with E-state index in [0.29, 0.717) is 0 Å². The molecule has 0 bridgehead atoms. The summed E-state index contributed by atoms with van der Waals surface area (Å²) in [4.78, 5) is 0. The molecule has 3 rings (SSSR count). The quantitative estimate of drug-likeness (QED) is 0.172. The van der Waals surface area contributed by atoms with Gasteiger partial charge in [0, 0.05) is 0 Å². The fraction of sp³-hybridized carbons (Fsp3) is 1.00. The van der Waals surface area contributed by atoms with Gasteiger partial charge in [-0.1, -0.05) is 0 Å². The molecular weight excluding hydrogens is 444 g/mol. The van der Waals surface area contributed by atoms with Crippen LogP contribution in [0, 0.1) is 0 Å². The number of aliphatic hydroxyl groups is 10. The molecular formula is C17H30O15. The molecule has 0 aliphatic carbocycles. The zero-order chi connectivity index (χ0) is 23.7. The Morgan fingerprint density at radius 1 is 0.656 bits per heavy atom. The molecule has 0 radical (unpaired) electrons. The van der Waals surface area contributed by atoms with E-state index >= 15 is 0 Å². The van der Waals surface area contributed by atoms with Crippen molar-refractivity contribution in [2.75, 3.05) is 19.8 Å². The van der Waals surface area contributed by atoms with Gasteiger partial charge >= 0.3 is 0 Å². The molecule has 0 aromatic rings. The van der Waals surface area contributed by atoms with Crippen LogP contribution in [0.1, 0.15) is 0 Å². The normalized spacial score (nSPS) is 52.7. The van der Waals surface area contributed by atoms with Crippen molar-refractivity contribution in [2.24, 2.45) is 0 Å². The SMILES string of the molecule is OCC1OC(O)C(O)C(O)C1OC1OC(COC2OCC(O)C(O)C2O)C(O)C(O)C1O. The molecule has 3 saturated heterocycles. The van der Waals surface area contributed by atoms with Gasteiger partial charge in [0.15, 0.2) is 18.9 Å². The van der Waals surface area contributed by atoms with Crippen LogP contribution in [0.15, 0.2) is 0 Å². The summed E-state index contributed by atoms with van der Waals surface area (Å²) in [5.41, 5.74) is 0. The van der Waals surface area contributed by atoms with Gasteiger partial charge in [0.1, 0.15) is 67.1 Å². The van der Waals surface area contributed by atoms with Crippen LogP contribution in [-0.2, 0) is 23.7 Å². The lowest BCUT2D eigenvalue weighted by Crippen LogP contribution is -2.64. The fourth-order valence-corrected chi connectivity index (χ4v) is 3.67. The minimum Gasteiger partial charge on any atom is -0.394 e. The lowest BCUT2D eigenvalue weighted by molar-refractivity contribution is -0.360. The summed E-state index contributed by atoms with van der Waals surface area (Å²) >= 11 is 0. The maximum absolute atomic E-state index is 10.2. The molecule has 3 aliphatic heterocycles. The first kappa shape index (κ1) is 26.0. The Morgan fingerprint density at radius 2 is 1.31 bits per heavy atom. The Kier molecular flexibility index (Phi) is 8.75. The molecule has 10 N–H and O–H groups in total. The van der Waals surface area contributed by atoms with Gasteiger partial charge in [-0.2, -0.15) is 0 Å². The first-order valence-corrected chi connectivity index (χ1v) is 9.99. The van der Waals surface area contributed by atoms with E-state index in [2.05, 4.69) is 0 Å². The van der Waals surface area contributed by atoms with Gasteiger partial charge in [-0.15, -0.1) is 0 Å². The molecule has 0 amide bonds. The third-order valence-electron chi connectivity index (χ3n) is 5.68. The molecule has 0 spiro atoms. The van der Waals surface area contributed by atoms with Gasteiger partial charge in [-0.05, 0) is 0 Å². The van der Waals surface area contributed by atoms with E-state index < -0.39 is 99.2 Å². The highest BCUT2D eigenvalue weighted by Gasteiger charge is 2.50. The van der Waals surface area contributed by atoms with Crippen LogP contribution in [0.4, 0.5) is 0 Å². The van der Waals surface area contributed by atoms with Crippen LogP contribution in [0.25, 0.3) is 0 Å². The third kappa shape index (κ3) is 5.22. The lowest BCUT2D eigenvalue weighted by Gasteiger charge is -2.45. The highest BCUT2D eigenvalue weighted by Crippen LogP contribution is 2.29. The van der Waals surface area contributed by atoms with E-state index in [1.165, 1.54) is 0 Å². The average Bonchev–Trinajstić information content (AvgIpc) is 2.77. The van der Waals surface area contributed by atoms with Crippen LogP contribution in [0.2, 0.25) is 0 Å². The number of ether oxygens (including phenoxy) is 5. The Morgan fingerprint density at radius 3 is 1.97 bits per heavy atom. The third-order valence-corrected chi connectivity index (χ3v) is 5.68. The van der Waals surface area contributed by atoms with E-state index in [9.17, 15) is 51.1 Å². The van der Waals surface area contributed by atoms with Crippen molar-refractivity contribution >= 4 is 0 Å². The van der Waals surface area contributed by atoms with E-state index in [1.54, 1.807) is 0 Å². The second kappa shape index (κ2) is 10.8. The van der Waals surface area contributed by atoms with Crippen molar-refractivity contribution in [1.29, 1.82) is 0 Å². The lowest BCUT2D eigenvalue weighted by atomic mass is 9.97. The molecule has 15 heteroatoms. The number of hydrogen-bond acceptors (Lipinski definition) is 15. The van der Waals surface area contributed by atoms with Crippen LogP contribution >= 0.6 is 0 Å². The van der Waals surface area contributed by atoms with Crippen LogP contribution < -0.4 is 0 Å². The molecule has 0 aromatic carbocycles. The standard InChI is InChI=1S/C17H30O15/c18-1-5-14(10(23)11(24)15(27)30-5)32-17-13(26)9(22)8(21)6(31-17)3-29-16-12(25)7(20)4(19)2-28-16/h4-27H,1-3H2. The fourth-order valence-electron chi connectivity index (χ4n) is 3.67. The van der Waals surface area contributed by atoms with Crippen molar-refractivity contribution in [3.05, 3.63) is 0 Å². The van der Waals surface area contributed by atoms with E-state index in [0.717, 1.165) is 0 Å². The smallest absolute Gasteiger partial charge is 0.187 e. The van der Waals surface area contributed by atoms with Crippen molar-refractivity contribution in [2.45, 2.75) is 86.0 Å². The first-order chi connectivity index (χ1) is 15.1. The average molecular weight is 474 g/mol. The van der Waals surface area contributed by atoms with Gasteiger partial charge in [0.05, 0.1) is 19.8 Å². The van der Waals surface area contributed by atoms with Gasteiger partial charge in [-0.3, -0.25) is 0 Å². The summed E-state index contributed by atoms with van der Waals surface area (Å²) < 4.78 is 26.1. The molecule has 3 aliphatic rings. The molecule has 0 aromatic heterocycles. The van der Waals surface area contributed by atoms with E-state index in [-0.39, 0.29) is 6.61 Å². The second-order valence-electron chi connectivity index (χ2n) is 7.93. The van der Waals surface area contributed by atoms with Gasteiger partial charge < -0.3 is 74.7 Å². The van der Waals surface area contributed by atoms with E-state index in [1.807, 2.05) is 0 Å². The molecule has 15 nitrogen and oxygen atoms in total. The van der Waals surface area contributed by atoms with Crippen molar-refractivity contribution < 1.29 is 74.7 Å². The zero-order valence-corrected chi connectivity index (χ0v) is 16.7. The molecule has 0 saturated carbocycles. The summed E-state index contributed by atoms with van der Waals surface area (Å²) in [6.07, 6.45) is -22.4. The summed E-state index contributed by atoms with van der Waals surface area (Å²) in [5, 5.41) is 98.6. The highest BCUT2D eigenvalue weighted by atomic mass is 16.7. The van der Waals surface area contributed by atoms with Gasteiger partial charge in [0.2, 0.25) is 0 Å². The summed E-state index contributed by atoms with van der Waals surface area (Å²) in [5.74, 6) is 0. The van der Waals surface area contributed by atoms with Gasteiger partial charge in [0.25, 0.3) is 0 Å². The first-order valence-electron chi connectivity index (χ1n) is 9.99. The molecule has 14 atom stereocenters. The minimum absolute atomic E-state index is 0.333. The summed E-state index contributed by atoms with van der Waals surface area (Å²) in [6, 6.07) is 0. The van der Waals surface area contributed by atoms with Crippen LogP contribution in [-0.4, -0.2) is 157 Å². The van der Waals surface area contributed by atoms with Crippen molar-refractivity contribution in [1.82, 2.24) is 0 Å². The van der Waals surface area contributed by atoms with E-state index in [4.69, 9.17) is 23.7 Å². The summed E-state index contributed by atoms with van der Waals surface area (Å²) in [6.45, 7) is -1.60. The highest BCUT2D eigenvalue weighted by molar-refractivity contribution is 4.94. The predicted octanol–water partition coefficient (Wildman–Crippen LogP) is -6.93. The minimum atomic E-state index is -1.83. The van der Waals surface area contributed by atoms with Crippen molar-refractivity contribution in [3.8, 4) is 0 Å². The number of aliphatic hydroxyl groups excluding tert-OH is 10. The molecule has 3 heterocycles. The predicted molar refractivity (Wildman–Crippen MR) is 95.2 cm³/mol. The molecule has 188 valence electrons. The summed E-state index contributed by atoms with van der Waals surface area (Å²) in [7, 11) is 0. The van der Waals surface area contributed by atoms with Gasteiger partial charge in [-0.25, -0.2) is 0 Å². The maximum atomic E-state index is 10.2. The largest absolute Gasteiger partial charge is 0.394 e. The molecule has 3 fully saturated rings. The Bertz CT molecular complexity index is 594. The van der Waals surface area contributed by atoms with Crippen LogP contribution in [0.3, 0.4) is 0 Å². The topological polar surface area (TPSA) is 248 Å². The Labute approximate surface area is 181 Å². The maximum Gasteiger partial charge on any atom is 0.187 e. The number of rotatable bonds is 6. The zero-order valence-electron chi connectivity index (χ0n) is 16.7. The monoisotopic (exact) mass is 474 g/mol. The Balaban J connectivity index is 1.65. The molecule has 32 heavy (non-hydrogen) atoms. The van der Waals surface area contributed by atoms with Crippen LogP contribution in [0.5, 0.6) is 0 Å².